The van der Waals surface area contributed by atoms with E-state index < -0.39 is 8.32 Å². The van der Waals surface area contributed by atoms with E-state index >= 15 is 0 Å². The van der Waals surface area contributed by atoms with Gasteiger partial charge in [0.25, 0.3) is 0 Å². The highest BCUT2D eigenvalue weighted by molar-refractivity contribution is 6.69. The molecule has 0 saturated heterocycles. The molecule has 0 aromatic heterocycles. The summed E-state index contributed by atoms with van der Waals surface area (Å²) in [5, 5.41) is 0. The van der Waals surface area contributed by atoms with Crippen LogP contribution >= 0.6 is 0 Å². The van der Waals surface area contributed by atoms with E-state index in [1.165, 1.54) is 32.1 Å². The summed E-state index contributed by atoms with van der Waals surface area (Å²) in [5.74, 6) is 3.85. The Labute approximate surface area is 119 Å². The lowest BCUT2D eigenvalue weighted by molar-refractivity contribution is 0.300. The lowest BCUT2D eigenvalue weighted by Crippen LogP contribution is -2.23. The van der Waals surface area contributed by atoms with Gasteiger partial charge in [0.15, 0.2) is 0 Å². The Morgan fingerprint density at radius 2 is 1.89 bits per heavy atom. The maximum atomic E-state index is 6.10. The summed E-state index contributed by atoms with van der Waals surface area (Å²) < 4.78 is 6.10. The van der Waals surface area contributed by atoms with Crippen LogP contribution in [0.5, 0.6) is 0 Å². The van der Waals surface area contributed by atoms with Gasteiger partial charge in [0.2, 0.25) is 8.32 Å². The third kappa shape index (κ3) is 2.65. The maximum absolute atomic E-state index is 6.10. The second-order valence-corrected chi connectivity index (χ2v) is 13.4. The minimum Gasteiger partial charge on any atom is -0.550 e. The fourth-order valence-electron chi connectivity index (χ4n) is 5.10. The van der Waals surface area contributed by atoms with Crippen LogP contribution in [0.15, 0.2) is 11.8 Å². The summed E-state index contributed by atoms with van der Waals surface area (Å²) in [5.41, 5.74) is 2.26. The van der Waals surface area contributed by atoms with Gasteiger partial charge < -0.3 is 4.43 Å². The van der Waals surface area contributed by atoms with Crippen LogP contribution in [0.4, 0.5) is 0 Å². The molecule has 0 amide bonds. The Hall–Kier alpha value is -0.243. The highest BCUT2D eigenvalue weighted by Gasteiger charge is 2.53. The molecule has 0 spiro atoms. The zero-order valence-electron chi connectivity index (χ0n) is 13.3. The molecule has 0 N–H and O–H groups in total. The molecule has 3 saturated carbocycles. The smallest absolute Gasteiger partial charge is 0.241 e. The molecule has 0 bridgehead atoms. The Bertz CT molecular complexity index is 391. The average Bonchev–Trinajstić information content (AvgIpc) is 2.82. The van der Waals surface area contributed by atoms with Gasteiger partial charge in [-0.05, 0) is 86.4 Å². The predicted octanol–water partition coefficient (Wildman–Crippen LogP) is 5.20. The molecule has 4 atom stereocenters. The third-order valence-corrected chi connectivity index (χ3v) is 6.40. The van der Waals surface area contributed by atoms with Crippen LogP contribution in [0.25, 0.3) is 0 Å². The molecule has 108 valence electrons. The van der Waals surface area contributed by atoms with Crippen molar-refractivity contribution in [3.05, 3.63) is 11.8 Å². The van der Waals surface area contributed by atoms with E-state index in [0.717, 1.165) is 23.7 Å². The van der Waals surface area contributed by atoms with Crippen LogP contribution in [-0.2, 0) is 4.43 Å². The van der Waals surface area contributed by atoms with Crippen molar-refractivity contribution in [1.29, 1.82) is 0 Å². The number of allylic oxidation sites excluding steroid dienone is 1. The van der Waals surface area contributed by atoms with E-state index in [9.17, 15) is 0 Å². The van der Waals surface area contributed by atoms with Gasteiger partial charge in [0, 0.05) is 0 Å². The highest BCUT2D eigenvalue weighted by Crippen LogP contribution is 2.62. The summed E-state index contributed by atoms with van der Waals surface area (Å²) in [4.78, 5) is 0. The summed E-state index contributed by atoms with van der Waals surface area (Å²) >= 11 is 0. The van der Waals surface area contributed by atoms with Crippen molar-refractivity contribution in [1.82, 2.24) is 0 Å². The number of fused-ring (bicyclic) bond motifs is 3. The predicted molar refractivity (Wildman–Crippen MR) is 83.3 cm³/mol. The van der Waals surface area contributed by atoms with Gasteiger partial charge in [-0.3, -0.25) is 0 Å². The molecule has 0 aliphatic heterocycles. The van der Waals surface area contributed by atoms with Crippen molar-refractivity contribution < 1.29 is 4.43 Å². The number of hydrogen-bond donors (Lipinski definition) is 0. The SMILES string of the molecule is CC1(C)C[C@@H]2C[C@H]3CC/C(=C\O[Si](C)(C)C)[C@H]3[C@@H]2C1. The molecule has 0 radical (unpaired) electrons. The molecule has 1 nitrogen and oxygen atoms in total. The zero-order chi connectivity index (χ0) is 13.8. The standard InChI is InChI=1S/C17H30OSi/c1-17(2)9-14-8-12-6-7-13(11-18-19(3,4)5)16(12)15(14)10-17/h11-12,14-16H,6-10H2,1-5H3/b13-11+/t12-,14+,15-,16+/m1/s1. The minimum absolute atomic E-state index is 0.591. The van der Waals surface area contributed by atoms with Gasteiger partial charge in [0.1, 0.15) is 0 Å². The van der Waals surface area contributed by atoms with Crippen LogP contribution in [0.3, 0.4) is 0 Å². The van der Waals surface area contributed by atoms with E-state index in [2.05, 4.69) is 39.8 Å². The first kappa shape index (κ1) is 13.7. The lowest BCUT2D eigenvalue weighted by atomic mass is 9.82. The van der Waals surface area contributed by atoms with E-state index in [1.807, 2.05) is 0 Å². The molecule has 2 heteroatoms. The van der Waals surface area contributed by atoms with Gasteiger partial charge in [-0.2, -0.15) is 0 Å². The summed E-state index contributed by atoms with van der Waals surface area (Å²) in [6.07, 6.45) is 9.35. The van der Waals surface area contributed by atoms with Gasteiger partial charge >= 0.3 is 0 Å². The molecular weight excluding hydrogens is 248 g/mol. The fraction of sp³-hybridized carbons (Fsp3) is 0.882. The van der Waals surface area contributed by atoms with Gasteiger partial charge in [-0.15, -0.1) is 0 Å². The number of hydrogen-bond acceptors (Lipinski definition) is 1. The fourth-order valence-corrected chi connectivity index (χ4v) is 5.60. The summed E-state index contributed by atoms with van der Waals surface area (Å²) in [7, 11) is -1.41. The van der Waals surface area contributed by atoms with Crippen molar-refractivity contribution in [3.8, 4) is 0 Å². The molecule has 3 aliphatic carbocycles. The van der Waals surface area contributed by atoms with Crippen molar-refractivity contribution in [3.63, 3.8) is 0 Å². The molecule has 3 fully saturated rings. The van der Waals surface area contributed by atoms with Gasteiger partial charge in [0.05, 0.1) is 6.26 Å². The van der Waals surface area contributed by atoms with Gasteiger partial charge in [-0.1, -0.05) is 13.8 Å². The average molecular weight is 279 g/mol. The minimum atomic E-state index is -1.41. The van der Waals surface area contributed by atoms with Crippen molar-refractivity contribution >= 4 is 8.32 Å². The zero-order valence-corrected chi connectivity index (χ0v) is 14.3. The largest absolute Gasteiger partial charge is 0.550 e. The lowest BCUT2D eigenvalue weighted by Gasteiger charge is -2.24. The Morgan fingerprint density at radius 1 is 1.16 bits per heavy atom. The molecule has 3 aliphatic rings. The Kier molecular flexibility index (Phi) is 3.16. The van der Waals surface area contributed by atoms with Crippen molar-refractivity contribution in [2.45, 2.75) is 65.6 Å². The van der Waals surface area contributed by atoms with Crippen LogP contribution in [0.2, 0.25) is 19.6 Å². The molecule has 0 aromatic carbocycles. The third-order valence-electron chi connectivity index (χ3n) is 5.58. The summed E-state index contributed by atoms with van der Waals surface area (Å²) in [6.45, 7) is 11.8. The van der Waals surface area contributed by atoms with Gasteiger partial charge in [-0.25, -0.2) is 0 Å². The van der Waals surface area contributed by atoms with E-state index in [0.29, 0.717) is 5.41 Å². The topological polar surface area (TPSA) is 9.23 Å². The van der Waals surface area contributed by atoms with Crippen LogP contribution in [0.1, 0.15) is 46.0 Å². The Balaban J connectivity index is 1.76. The monoisotopic (exact) mass is 278 g/mol. The second kappa shape index (κ2) is 4.38. The van der Waals surface area contributed by atoms with Crippen LogP contribution < -0.4 is 0 Å². The second-order valence-electron chi connectivity index (χ2n) is 8.98. The Morgan fingerprint density at radius 3 is 2.58 bits per heavy atom. The van der Waals surface area contributed by atoms with Crippen molar-refractivity contribution in [2.75, 3.05) is 0 Å². The normalized spacial score (nSPS) is 42.5. The number of rotatable bonds is 2. The molecule has 0 aromatic rings. The van der Waals surface area contributed by atoms with Crippen LogP contribution in [0, 0.1) is 29.1 Å². The van der Waals surface area contributed by atoms with E-state index in [4.69, 9.17) is 4.43 Å². The van der Waals surface area contributed by atoms with Crippen LogP contribution in [-0.4, -0.2) is 8.32 Å². The molecule has 19 heavy (non-hydrogen) atoms. The molecule has 0 unspecified atom stereocenters. The first-order chi connectivity index (χ1) is 8.75. The molecule has 0 heterocycles. The highest BCUT2D eigenvalue weighted by atomic mass is 28.4. The summed E-state index contributed by atoms with van der Waals surface area (Å²) in [6, 6.07) is 0. The molecule has 3 rings (SSSR count). The van der Waals surface area contributed by atoms with Crippen molar-refractivity contribution in [2.24, 2.45) is 29.1 Å². The molecular formula is C17H30OSi. The van der Waals surface area contributed by atoms with E-state index in [-0.39, 0.29) is 0 Å². The first-order valence-corrected chi connectivity index (χ1v) is 11.5. The quantitative estimate of drug-likeness (QED) is 0.498. The first-order valence-electron chi connectivity index (χ1n) is 8.12. The maximum Gasteiger partial charge on any atom is 0.241 e. The van der Waals surface area contributed by atoms with E-state index in [1.54, 1.807) is 5.57 Å².